The number of ether oxygens (including phenoxy) is 1. The van der Waals surface area contributed by atoms with Crippen LogP contribution in [0.1, 0.15) is 38.4 Å². The molecule has 156 valence electrons. The molecular formula is C21H29N5O2S. The van der Waals surface area contributed by atoms with Crippen molar-refractivity contribution in [3.05, 3.63) is 36.2 Å². The van der Waals surface area contributed by atoms with E-state index in [0.717, 1.165) is 55.8 Å². The predicted molar refractivity (Wildman–Crippen MR) is 113 cm³/mol. The van der Waals surface area contributed by atoms with Crippen molar-refractivity contribution in [1.29, 1.82) is 0 Å². The van der Waals surface area contributed by atoms with Gasteiger partial charge in [-0.2, -0.15) is 0 Å². The maximum absolute atomic E-state index is 12.6. The Kier molecular flexibility index (Phi) is 6.84. The summed E-state index contributed by atoms with van der Waals surface area (Å²) in [4.78, 5) is 15.0. The molecule has 7 nitrogen and oxygen atoms in total. The van der Waals surface area contributed by atoms with Gasteiger partial charge >= 0.3 is 0 Å². The molecule has 0 bridgehead atoms. The summed E-state index contributed by atoms with van der Waals surface area (Å²) in [6, 6.07) is 10.1. The monoisotopic (exact) mass is 415 g/mol. The number of para-hydroxylation sites is 1. The van der Waals surface area contributed by atoms with Gasteiger partial charge in [-0.1, -0.05) is 30.0 Å². The van der Waals surface area contributed by atoms with Gasteiger partial charge < -0.3 is 10.1 Å². The maximum atomic E-state index is 12.6. The van der Waals surface area contributed by atoms with Gasteiger partial charge in [-0.05, 0) is 57.8 Å². The number of aromatic nitrogens is 3. The lowest BCUT2D eigenvalue weighted by molar-refractivity contribution is -0.120. The van der Waals surface area contributed by atoms with Crippen molar-refractivity contribution in [2.45, 2.75) is 55.7 Å². The van der Waals surface area contributed by atoms with Crippen LogP contribution in [0.15, 0.2) is 35.5 Å². The number of likely N-dealkylation sites (tertiary alicyclic amines) is 1. The van der Waals surface area contributed by atoms with E-state index in [-0.39, 0.29) is 17.3 Å². The van der Waals surface area contributed by atoms with Crippen LogP contribution in [-0.4, -0.2) is 63.2 Å². The van der Waals surface area contributed by atoms with Crippen LogP contribution < -0.4 is 5.32 Å². The Hall–Kier alpha value is -1.90. The SMILES string of the molecule is C[C@H](Sc1nnc(CN2CCCC2)n1-c1ccccc1)C(=O)NC[C@H]1CCCO1. The van der Waals surface area contributed by atoms with E-state index in [1.165, 1.54) is 24.6 Å². The number of rotatable bonds is 8. The summed E-state index contributed by atoms with van der Waals surface area (Å²) in [6.45, 7) is 6.28. The molecule has 0 saturated carbocycles. The first-order valence-corrected chi connectivity index (χ1v) is 11.4. The van der Waals surface area contributed by atoms with E-state index in [2.05, 4.69) is 37.1 Å². The Morgan fingerprint density at radius 3 is 2.76 bits per heavy atom. The summed E-state index contributed by atoms with van der Waals surface area (Å²) >= 11 is 1.45. The molecule has 1 aromatic carbocycles. The van der Waals surface area contributed by atoms with Gasteiger partial charge in [0.05, 0.1) is 17.9 Å². The molecule has 0 unspecified atom stereocenters. The molecule has 2 aromatic rings. The molecule has 29 heavy (non-hydrogen) atoms. The first kappa shape index (κ1) is 20.4. The van der Waals surface area contributed by atoms with Crippen molar-refractivity contribution in [2.75, 3.05) is 26.2 Å². The second-order valence-electron chi connectivity index (χ2n) is 7.69. The molecule has 2 aliphatic rings. The third-order valence-electron chi connectivity index (χ3n) is 5.46. The van der Waals surface area contributed by atoms with Crippen LogP contribution in [0.5, 0.6) is 0 Å². The predicted octanol–water partition coefficient (Wildman–Crippen LogP) is 2.64. The minimum absolute atomic E-state index is 0.00852. The number of hydrogen-bond donors (Lipinski definition) is 1. The van der Waals surface area contributed by atoms with Crippen molar-refractivity contribution < 1.29 is 9.53 Å². The summed E-state index contributed by atoms with van der Waals surface area (Å²) in [5, 5.41) is 12.4. The van der Waals surface area contributed by atoms with Crippen molar-refractivity contribution in [3.63, 3.8) is 0 Å². The van der Waals surface area contributed by atoms with Crippen LogP contribution in [0.4, 0.5) is 0 Å². The summed E-state index contributed by atoms with van der Waals surface area (Å²) in [5.74, 6) is 0.932. The zero-order valence-corrected chi connectivity index (χ0v) is 17.7. The zero-order valence-electron chi connectivity index (χ0n) is 16.9. The van der Waals surface area contributed by atoms with E-state index in [9.17, 15) is 4.79 Å². The fraction of sp³-hybridized carbons (Fsp3) is 0.571. The van der Waals surface area contributed by atoms with E-state index in [0.29, 0.717) is 6.54 Å². The second kappa shape index (κ2) is 9.73. The highest BCUT2D eigenvalue weighted by atomic mass is 32.2. The lowest BCUT2D eigenvalue weighted by Crippen LogP contribution is -2.36. The standard InChI is InChI=1S/C21H29N5O2S/c1-16(20(27)22-14-18-10-7-13-28-18)29-21-24-23-19(15-25-11-5-6-12-25)26(21)17-8-3-2-4-9-17/h2-4,8-9,16,18H,5-7,10-15H2,1H3,(H,22,27)/t16-,18+/m0/s1. The van der Waals surface area contributed by atoms with Gasteiger partial charge in [0.25, 0.3) is 0 Å². The number of benzene rings is 1. The number of carbonyl (C=O) groups is 1. The van der Waals surface area contributed by atoms with Crippen LogP contribution in [0.2, 0.25) is 0 Å². The first-order valence-electron chi connectivity index (χ1n) is 10.5. The zero-order chi connectivity index (χ0) is 20.1. The third-order valence-corrected chi connectivity index (χ3v) is 6.50. The number of thioether (sulfide) groups is 1. The van der Waals surface area contributed by atoms with E-state index < -0.39 is 0 Å². The normalized spacial score (nSPS) is 20.8. The second-order valence-corrected chi connectivity index (χ2v) is 9.00. The summed E-state index contributed by atoms with van der Waals surface area (Å²) in [5.41, 5.74) is 1.03. The van der Waals surface area contributed by atoms with Crippen LogP contribution in [0.25, 0.3) is 5.69 Å². The number of nitrogens with one attached hydrogen (secondary N) is 1. The fourth-order valence-electron chi connectivity index (χ4n) is 3.83. The van der Waals surface area contributed by atoms with Crippen LogP contribution in [0, 0.1) is 0 Å². The Morgan fingerprint density at radius 2 is 2.03 bits per heavy atom. The summed E-state index contributed by atoms with van der Waals surface area (Å²) in [7, 11) is 0. The number of carbonyl (C=O) groups excluding carboxylic acids is 1. The van der Waals surface area contributed by atoms with E-state index in [1.807, 2.05) is 25.1 Å². The van der Waals surface area contributed by atoms with E-state index in [1.54, 1.807) is 0 Å². The molecule has 3 heterocycles. The molecule has 0 spiro atoms. The van der Waals surface area contributed by atoms with Crippen molar-refractivity contribution in [2.24, 2.45) is 0 Å². The van der Waals surface area contributed by atoms with E-state index >= 15 is 0 Å². The molecule has 4 rings (SSSR count). The van der Waals surface area contributed by atoms with Crippen LogP contribution >= 0.6 is 11.8 Å². The molecule has 2 aliphatic heterocycles. The summed E-state index contributed by atoms with van der Waals surface area (Å²) in [6.07, 6.45) is 4.72. The van der Waals surface area contributed by atoms with Gasteiger partial charge in [0.2, 0.25) is 5.91 Å². The van der Waals surface area contributed by atoms with Gasteiger partial charge in [0.1, 0.15) is 0 Å². The first-order chi connectivity index (χ1) is 14.2. The molecule has 1 aromatic heterocycles. The maximum Gasteiger partial charge on any atom is 0.233 e. The molecule has 0 aliphatic carbocycles. The fourth-order valence-corrected chi connectivity index (χ4v) is 4.74. The molecule has 2 saturated heterocycles. The number of amides is 1. The molecule has 8 heteroatoms. The van der Waals surface area contributed by atoms with Crippen LogP contribution in [-0.2, 0) is 16.1 Å². The minimum atomic E-state index is -0.261. The average Bonchev–Trinajstić information content (AvgIpc) is 3.50. The molecule has 1 N–H and O–H groups in total. The molecular weight excluding hydrogens is 386 g/mol. The smallest absolute Gasteiger partial charge is 0.233 e. The van der Waals surface area contributed by atoms with Gasteiger partial charge in [0.15, 0.2) is 11.0 Å². The minimum Gasteiger partial charge on any atom is -0.376 e. The Labute approximate surface area is 176 Å². The van der Waals surface area contributed by atoms with Gasteiger partial charge in [-0.25, -0.2) is 0 Å². The molecule has 2 fully saturated rings. The third kappa shape index (κ3) is 5.18. The van der Waals surface area contributed by atoms with Gasteiger partial charge in [0, 0.05) is 18.8 Å². The number of nitrogens with zero attached hydrogens (tertiary/aromatic N) is 4. The van der Waals surface area contributed by atoms with Gasteiger partial charge in [-0.15, -0.1) is 10.2 Å². The highest BCUT2D eigenvalue weighted by Crippen LogP contribution is 2.27. The summed E-state index contributed by atoms with van der Waals surface area (Å²) < 4.78 is 7.68. The number of hydrogen-bond acceptors (Lipinski definition) is 6. The van der Waals surface area contributed by atoms with E-state index in [4.69, 9.17) is 4.74 Å². The molecule has 1 amide bonds. The van der Waals surface area contributed by atoms with Gasteiger partial charge in [-0.3, -0.25) is 14.3 Å². The Morgan fingerprint density at radius 1 is 1.24 bits per heavy atom. The lowest BCUT2D eigenvalue weighted by Gasteiger charge is -2.17. The lowest BCUT2D eigenvalue weighted by atomic mass is 10.2. The topological polar surface area (TPSA) is 72.3 Å². The van der Waals surface area contributed by atoms with Crippen molar-refractivity contribution in [1.82, 2.24) is 25.0 Å². The quantitative estimate of drug-likeness (QED) is 0.669. The van der Waals surface area contributed by atoms with Crippen molar-refractivity contribution >= 4 is 17.7 Å². The highest BCUT2D eigenvalue weighted by Gasteiger charge is 2.24. The molecule has 2 atom stereocenters. The highest BCUT2D eigenvalue weighted by molar-refractivity contribution is 8.00. The largest absolute Gasteiger partial charge is 0.376 e. The van der Waals surface area contributed by atoms with Crippen LogP contribution in [0.3, 0.4) is 0 Å². The molecule has 0 radical (unpaired) electrons. The Balaban J connectivity index is 1.46. The Bertz CT molecular complexity index is 801. The van der Waals surface area contributed by atoms with Crippen molar-refractivity contribution in [3.8, 4) is 5.69 Å². The average molecular weight is 416 g/mol.